The van der Waals surface area contributed by atoms with Gasteiger partial charge in [0.2, 0.25) is 5.91 Å². The Balaban J connectivity index is 2.20. The van der Waals surface area contributed by atoms with Gasteiger partial charge in [0.05, 0.1) is 11.8 Å². The smallest absolute Gasteiger partial charge is 0.307 e. The molecule has 1 aromatic rings. The van der Waals surface area contributed by atoms with Crippen molar-refractivity contribution in [2.24, 2.45) is 11.8 Å². The second-order valence-corrected chi connectivity index (χ2v) is 5.85. The van der Waals surface area contributed by atoms with Gasteiger partial charge in [0, 0.05) is 10.7 Å². The first kappa shape index (κ1) is 15.6. The van der Waals surface area contributed by atoms with Crippen molar-refractivity contribution >= 4 is 29.2 Å². The highest BCUT2D eigenvalue weighted by atomic mass is 35.5. The van der Waals surface area contributed by atoms with Crippen LogP contribution in [0.3, 0.4) is 0 Å². The topological polar surface area (TPSA) is 66.4 Å². The molecule has 0 aromatic heterocycles. The summed E-state index contributed by atoms with van der Waals surface area (Å²) in [6.45, 7) is 3.74. The average Bonchev–Trinajstić information content (AvgIpc) is 2.43. The molecule has 1 aliphatic carbocycles. The summed E-state index contributed by atoms with van der Waals surface area (Å²) in [5, 5.41) is 12.7. The summed E-state index contributed by atoms with van der Waals surface area (Å²) in [5.74, 6) is -2.42. The van der Waals surface area contributed by atoms with Crippen LogP contribution in [0.15, 0.2) is 29.8 Å². The van der Waals surface area contributed by atoms with Crippen LogP contribution >= 0.6 is 11.6 Å². The maximum atomic E-state index is 12.4. The third-order valence-corrected chi connectivity index (χ3v) is 4.34. The molecule has 4 nitrogen and oxygen atoms in total. The molecule has 0 aliphatic heterocycles. The molecule has 1 aliphatic rings. The highest BCUT2D eigenvalue weighted by Crippen LogP contribution is 2.32. The summed E-state index contributed by atoms with van der Waals surface area (Å²) in [5.41, 5.74) is 2.46. The predicted octanol–water partition coefficient (Wildman–Crippen LogP) is 3.64. The Bertz CT molecular complexity index is 610. The van der Waals surface area contributed by atoms with E-state index in [2.05, 4.69) is 5.32 Å². The van der Waals surface area contributed by atoms with Gasteiger partial charge in [0.1, 0.15) is 0 Å². The van der Waals surface area contributed by atoms with Gasteiger partial charge in [0.25, 0.3) is 0 Å². The maximum Gasteiger partial charge on any atom is 0.307 e. The number of carboxylic acids is 1. The lowest BCUT2D eigenvalue weighted by Gasteiger charge is -2.27. The van der Waals surface area contributed by atoms with Crippen molar-refractivity contribution in [2.45, 2.75) is 26.7 Å². The third-order valence-electron chi connectivity index (χ3n) is 3.93. The van der Waals surface area contributed by atoms with E-state index in [9.17, 15) is 14.7 Å². The fourth-order valence-corrected chi connectivity index (χ4v) is 2.76. The van der Waals surface area contributed by atoms with Crippen LogP contribution in [0.4, 0.5) is 5.69 Å². The van der Waals surface area contributed by atoms with Crippen LogP contribution in [0.2, 0.25) is 5.02 Å². The van der Waals surface area contributed by atoms with Crippen LogP contribution in [0.25, 0.3) is 0 Å². The number of benzene rings is 1. The van der Waals surface area contributed by atoms with Crippen LogP contribution in [0, 0.1) is 18.8 Å². The van der Waals surface area contributed by atoms with Gasteiger partial charge in [-0.15, -0.1) is 0 Å². The number of aliphatic carboxylic acids is 1. The monoisotopic (exact) mass is 307 g/mol. The lowest BCUT2D eigenvalue weighted by molar-refractivity contribution is -0.146. The van der Waals surface area contributed by atoms with E-state index in [1.807, 2.05) is 19.9 Å². The lowest BCUT2D eigenvalue weighted by Crippen LogP contribution is -2.35. The van der Waals surface area contributed by atoms with Gasteiger partial charge in [-0.3, -0.25) is 9.59 Å². The van der Waals surface area contributed by atoms with Gasteiger partial charge < -0.3 is 10.4 Å². The first-order valence-electron chi connectivity index (χ1n) is 6.84. The molecule has 5 heteroatoms. The third kappa shape index (κ3) is 3.45. The molecule has 0 fully saturated rings. The molecule has 0 heterocycles. The van der Waals surface area contributed by atoms with E-state index in [-0.39, 0.29) is 5.91 Å². The summed E-state index contributed by atoms with van der Waals surface area (Å²) in [7, 11) is 0. The molecule has 0 spiro atoms. The van der Waals surface area contributed by atoms with E-state index in [1.54, 1.807) is 18.2 Å². The predicted molar refractivity (Wildman–Crippen MR) is 82.4 cm³/mol. The number of halogens is 1. The molecule has 0 saturated heterocycles. The van der Waals surface area contributed by atoms with Gasteiger partial charge in [-0.2, -0.15) is 0 Å². The molecule has 0 radical (unpaired) electrons. The number of hydrogen-bond donors (Lipinski definition) is 2. The molecule has 0 unspecified atom stereocenters. The van der Waals surface area contributed by atoms with E-state index in [4.69, 9.17) is 11.6 Å². The Labute approximate surface area is 128 Å². The molecular formula is C16H18ClNO3. The van der Waals surface area contributed by atoms with Crippen LogP contribution in [-0.4, -0.2) is 17.0 Å². The standard InChI is InChI=1S/C16H18ClNO3/c1-9-6-7-11(16(20)21)12(8-9)15(19)18-14-5-3-4-13(17)10(14)2/h3-6,11-12H,7-8H2,1-2H3,(H,18,19)(H,20,21)/t11-,12-/m1/s1. The maximum absolute atomic E-state index is 12.4. The van der Waals surface area contributed by atoms with Gasteiger partial charge in [-0.1, -0.05) is 29.3 Å². The van der Waals surface area contributed by atoms with Gasteiger partial charge >= 0.3 is 5.97 Å². The summed E-state index contributed by atoms with van der Waals surface area (Å²) in [4.78, 5) is 23.8. The van der Waals surface area contributed by atoms with Crippen LogP contribution in [0.1, 0.15) is 25.3 Å². The fraction of sp³-hybridized carbons (Fsp3) is 0.375. The number of rotatable bonds is 3. The molecule has 2 atom stereocenters. The van der Waals surface area contributed by atoms with Crippen molar-refractivity contribution in [3.8, 4) is 0 Å². The summed E-state index contributed by atoms with van der Waals surface area (Å²) >= 11 is 6.03. The number of anilines is 1. The average molecular weight is 308 g/mol. The SMILES string of the molecule is CC1=CC[C@@H](C(=O)O)[C@H](C(=O)Nc2cccc(Cl)c2C)C1. The van der Waals surface area contributed by atoms with Crippen molar-refractivity contribution in [1.29, 1.82) is 0 Å². The van der Waals surface area contributed by atoms with E-state index >= 15 is 0 Å². The molecule has 21 heavy (non-hydrogen) atoms. The fourth-order valence-electron chi connectivity index (χ4n) is 2.58. The van der Waals surface area contributed by atoms with Crippen LogP contribution in [0.5, 0.6) is 0 Å². The molecule has 0 bridgehead atoms. The highest BCUT2D eigenvalue weighted by Gasteiger charge is 2.35. The number of carbonyl (C=O) groups excluding carboxylic acids is 1. The molecular weight excluding hydrogens is 290 g/mol. The zero-order chi connectivity index (χ0) is 15.6. The van der Waals surface area contributed by atoms with E-state index in [0.29, 0.717) is 23.6 Å². The summed E-state index contributed by atoms with van der Waals surface area (Å²) in [6, 6.07) is 5.27. The van der Waals surface area contributed by atoms with Crippen molar-refractivity contribution in [1.82, 2.24) is 0 Å². The number of allylic oxidation sites excluding steroid dienone is 2. The van der Waals surface area contributed by atoms with Gasteiger partial charge in [-0.05, 0) is 44.4 Å². The van der Waals surface area contributed by atoms with Crippen molar-refractivity contribution < 1.29 is 14.7 Å². The van der Waals surface area contributed by atoms with Gasteiger partial charge in [0.15, 0.2) is 0 Å². The quantitative estimate of drug-likeness (QED) is 0.838. The Morgan fingerprint density at radius 2 is 2.00 bits per heavy atom. The van der Waals surface area contributed by atoms with E-state index in [0.717, 1.165) is 11.1 Å². The van der Waals surface area contributed by atoms with Gasteiger partial charge in [-0.25, -0.2) is 0 Å². The van der Waals surface area contributed by atoms with Crippen LogP contribution < -0.4 is 5.32 Å². The number of hydrogen-bond acceptors (Lipinski definition) is 2. The molecule has 2 N–H and O–H groups in total. The Morgan fingerprint density at radius 1 is 1.29 bits per heavy atom. The van der Waals surface area contributed by atoms with E-state index in [1.165, 1.54) is 0 Å². The minimum absolute atomic E-state index is 0.264. The number of carbonyl (C=O) groups is 2. The molecule has 0 saturated carbocycles. The zero-order valence-electron chi connectivity index (χ0n) is 12.0. The van der Waals surface area contributed by atoms with Crippen molar-refractivity contribution in [2.75, 3.05) is 5.32 Å². The normalized spacial score (nSPS) is 21.6. The largest absolute Gasteiger partial charge is 0.481 e. The molecule has 1 amide bonds. The molecule has 112 valence electrons. The minimum atomic E-state index is -0.929. The lowest BCUT2D eigenvalue weighted by atomic mass is 9.79. The Kier molecular flexibility index (Phi) is 4.68. The number of carboxylic acid groups (broad SMARTS) is 1. The van der Waals surface area contributed by atoms with Crippen LogP contribution in [-0.2, 0) is 9.59 Å². The number of amides is 1. The van der Waals surface area contributed by atoms with Crippen molar-refractivity contribution in [3.05, 3.63) is 40.4 Å². The first-order valence-corrected chi connectivity index (χ1v) is 7.22. The van der Waals surface area contributed by atoms with Crippen molar-refractivity contribution in [3.63, 3.8) is 0 Å². The zero-order valence-corrected chi connectivity index (χ0v) is 12.8. The van der Waals surface area contributed by atoms with E-state index < -0.39 is 17.8 Å². The minimum Gasteiger partial charge on any atom is -0.481 e. The highest BCUT2D eigenvalue weighted by molar-refractivity contribution is 6.31. The molecule has 2 rings (SSSR count). The Hall–Kier alpha value is -1.81. The molecule has 1 aromatic carbocycles. The second-order valence-electron chi connectivity index (χ2n) is 5.44. The summed E-state index contributed by atoms with van der Waals surface area (Å²) in [6.07, 6.45) is 2.77. The number of nitrogens with one attached hydrogen (secondary N) is 1. The first-order chi connectivity index (χ1) is 9.90. The second kappa shape index (κ2) is 6.31. The summed E-state index contributed by atoms with van der Waals surface area (Å²) < 4.78 is 0. The Morgan fingerprint density at radius 3 is 2.67 bits per heavy atom.